The Balaban J connectivity index is 2.10. The van der Waals surface area contributed by atoms with E-state index in [0.717, 1.165) is 11.3 Å². The van der Waals surface area contributed by atoms with Crippen molar-refractivity contribution in [2.45, 2.75) is 39.7 Å². The molecule has 2 nitrogen and oxygen atoms in total. The van der Waals surface area contributed by atoms with Crippen molar-refractivity contribution in [3.8, 4) is 5.75 Å². The maximum atomic E-state index is 9.32. The first kappa shape index (κ1) is 10.3. The Morgan fingerprint density at radius 2 is 2.07 bits per heavy atom. The first-order valence-corrected chi connectivity index (χ1v) is 5.57. The number of aryl methyl sites for hydroxylation is 1. The molecule has 82 valence electrons. The van der Waals surface area contributed by atoms with E-state index < -0.39 is 0 Å². The van der Waals surface area contributed by atoms with Crippen LogP contribution in [-0.2, 0) is 0 Å². The minimum atomic E-state index is 0.336. The van der Waals surface area contributed by atoms with E-state index in [-0.39, 0.29) is 0 Å². The highest BCUT2D eigenvalue weighted by atomic mass is 16.3. The highest BCUT2D eigenvalue weighted by Gasteiger charge is 2.42. The molecule has 2 rings (SSSR count). The van der Waals surface area contributed by atoms with Gasteiger partial charge < -0.3 is 10.4 Å². The smallest absolute Gasteiger partial charge is 0.115 e. The Labute approximate surface area is 91.3 Å². The lowest BCUT2D eigenvalue weighted by atomic mass is 10.00. The van der Waals surface area contributed by atoms with Crippen molar-refractivity contribution >= 4 is 5.69 Å². The average Bonchev–Trinajstić information content (AvgIpc) is 2.90. The summed E-state index contributed by atoms with van der Waals surface area (Å²) in [6.45, 7) is 6.57. The van der Waals surface area contributed by atoms with Gasteiger partial charge in [-0.05, 0) is 55.9 Å². The predicted octanol–water partition coefficient (Wildman–Crippen LogP) is 3.30. The van der Waals surface area contributed by atoms with Crippen LogP contribution >= 0.6 is 0 Å². The third kappa shape index (κ3) is 2.09. The lowest BCUT2D eigenvalue weighted by molar-refractivity contribution is 0.474. The Bertz CT molecular complexity index is 369. The molecule has 1 atom stereocenters. The van der Waals surface area contributed by atoms with E-state index in [2.05, 4.69) is 19.2 Å². The number of benzene rings is 1. The molecule has 0 spiro atoms. The molecule has 15 heavy (non-hydrogen) atoms. The SMILES string of the molecule is Cc1cc(O)ccc1NC(C)C1(C)CC1. The largest absolute Gasteiger partial charge is 0.508 e. The van der Waals surface area contributed by atoms with Crippen LogP contribution in [-0.4, -0.2) is 11.1 Å². The fourth-order valence-electron chi connectivity index (χ4n) is 1.85. The second-order valence-corrected chi connectivity index (χ2v) is 5.02. The molecule has 0 aliphatic heterocycles. The zero-order valence-corrected chi connectivity index (χ0v) is 9.67. The van der Waals surface area contributed by atoms with Crippen molar-refractivity contribution in [3.63, 3.8) is 0 Å². The van der Waals surface area contributed by atoms with Crippen LogP contribution in [0.1, 0.15) is 32.3 Å². The zero-order chi connectivity index (χ0) is 11.1. The van der Waals surface area contributed by atoms with Crippen molar-refractivity contribution in [1.29, 1.82) is 0 Å². The van der Waals surface area contributed by atoms with Crippen LogP contribution in [0, 0.1) is 12.3 Å². The molecule has 0 heterocycles. The number of phenolic OH excluding ortho intramolecular Hbond substituents is 1. The molecule has 1 aromatic rings. The Hall–Kier alpha value is -1.18. The molecule has 0 aromatic heterocycles. The van der Waals surface area contributed by atoms with E-state index in [1.54, 1.807) is 12.1 Å². The molecule has 1 aliphatic rings. The fraction of sp³-hybridized carbons (Fsp3) is 0.538. The quantitative estimate of drug-likeness (QED) is 0.742. The molecule has 2 heteroatoms. The topological polar surface area (TPSA) is 32.3 Å². The predicted molar refractivity (Wildman–Crippen MR) is 63.3 cm³/mol. The number of phenols is 1. The molecule has 1 fully saturated rings. The van der Waals surface area contributed by atoms with E-state index >= 15 is 0 Å². The molecule has 1 saturated carbocycles. The monoisotopic (exact) mass is 205 g/mol. The molecular weight excluding hydrogens is 186 g/mol. The lowest BCUT2D eigenvalue weighted by Crippen LogP contribution is -2.25. The molecule has 0 bridgehead atoms. The Morgan fingerprint density at radius 3 is 2.60 bits per heavy atom. The molecule has 0 radical (unpaired) electrons. The summed E-state index contributed by atoms with van der Waals surface area (Å²) in [6, 6.07) is 5.98. The molecule has 0 saturated heterocycles. The van der Waals surface area contributed by atoms with Crippen LogP contribution in [0.3, 0.4) is 0 Å². The molecule has 1 unspecified atom stereocenters. The molecular formula is C13H19NO. The van der Waals surface area contributed by atoms with Gasteiger partial charge in [-0.25, -0.2) is 0 Å². The van der Waals surface area contributed by atoms with Crippen molar-refractivity contribution in [2.75, 3.05) is 5.32 Å². The highest BCUT2D eigenvalue weighted by molar-refractivity contribution is 5.54. The molecule has 0 amide bonds. The first-order valence-electron chi connectivity index (χ1n) is 5.57. The number of rotatable bonds is 3. The van der Waals surface area contributed by atoms with Crippen molar-refractivity contribution in [2.24, 2.45) is 5.41 Å². The number of anilines is 1. The second-order valence-electron chi connectivity index (χ2n) is 5.02. The van der Waals surface area contributed by atoms with Crippen LogP contribution in [0.2, 0.25) is 0 Å². The third-order valence-electron chi connectivity index (χ3n) is 3.67. The normalized spacial score (nSPS) is 19.7. The van der Waals surface area contributed by atoms with Gasteiger partial charge in [-0.15, -0.1) is 0 Å². The van der Waals surface area contributed by atoms with Gasteiger partial charge in [-0.2, -0.15) is 0 Å². The summed E-state index contributed by atoms with van der Waals surface area (Å²) in [5.41, 5.74) is 2.71. The summed E-state index contributed by atoms with van der Waals surface area (Å²) >= 11 is 0. The summed E-state index contributed by atoms with van der Waals surface area (Å²) < 4.78 is 0. The van der Waals surface area contributed by atoms with Gasteiger partial charge in [0, 0.05) is 11.7 Å². The van der Waals surface area contributed by atoms with Crippen molar-refractivity contribution in [3.05, 3.63) is 23.8 Å². The minimum absolute atomic E-state index is 0.336. The van der Waals surface area contributed by atoms with Gasteiger partial charge in [0.05, 0.1) is 0 Å². The summed E-state index contributed by atoms with van der Waals surface area (Å²) in [7, 11) is 0. The number of hydrogen-bond acceptors (Lipinski definition) is 2. The summed E-state index contributed by atoms with van der Waals surface area (Å²) in [6.07, 6.45) is 2.64. The van der Waals surface area contributed by atoms with Crippen LogP contribution in [0.25, 0.3) is 0 Å². The standard InChI is InChI=1S/C13H19NO/c1-9-8-11(15)4-5-12(9)14-10(2)13(3)6-7-13/h4-5,8,10,14-15H,6-7H2,1-3H3. The second kappa shape index (κ2) is 3.44. The van der Waals surface area contributed by atoms with Gasteiger partial charge in [0.25, 0.3) is 0 Å². The van der Waals surface area contributed by atoms with E-state index in [4.69, 9.17) is 0 Å². The van der Waals surface area contributed by atoms with Gasteiger partial charge in [0.2, 0.25) is 0 Å². The number of aromatic hydroxyl groups is 1. The Kier molecular flexibility index (Phi) is 2.37. The van der Waals surface area contributed by atoms with Crippen LogP contribution in [0.5, 0.6) is 5.75 Å². The lowest BCUT2D eigenvalue weighted by Gasteiger charge is -2.22. The van der Waals surface area contributed by atoms with Gasteiger partial charge in [0.15, 0.2) is 0 Å². The highest BCUT2D eigenvalue weighted by Crippen LogP contribution is 2.48. The van der Waals surface area contributed by atoms with E-state index in [1.807, 2.05) is 13.0 Å². The summed E-state index contributed by atoms with van der Waals surface area (Å²) in [5, 5.41) is 12.8. The van der Waals surface area contributed by atoms with Gasteiger partial charge in [-0.1, -0.05) is 6.92 Å². The fourth-order valence-corrected chi connectivity index (χ4v) is 1.85. The van der Waals surface area contributed by atoms with Crippen molar-refractivity contribution < 1.29 is 5.11 Å². The molecule has 1 aromatic carbocycles. The minimum Gasteiger partial charge on any atom is -0.508 e. The Morgan fingerprint density at radius 1 is 1.40 bits per heavy atom. The van der Waals surface area contributed by atoms with Crippen LogP contribution in [0.4, 0.5) is 5.69 Å². The summed E-state index contributed by atoms with van der Waals surface area (Å²) in [5.74, 6) is 0.336. The zero-order valence-electron chi connectivity index (χ0n) is 9.67. The van der Waals surface area contributed by atoms with Gasteiger partial charge in [-0.3, -0.25) is 0 Å². The number of hydrogen-bond donors (Lipinski definition) is 2. The van der Waals surface area contributed by atoms with Gasteiger partial charge >= 0.3 is 0 Å². The van der Waals surface area contributed by atoms with E-state index in [9.17, 15) is 5.11 Å². The van der Waals surface area contributed by atoms with E-state index in [1.165, 1.54) is 12.8 Å². The average molecular weight is 205 g/mol. The van der Waals surface area contributed by atoms with E-state index in [0.29, 0.717) is 17.2 Å². The number of nitrogens with one attached hydrogen (secondary N) is 1. The molecule has 1 aliphatic carbocycles. The molecule has 2 N–H and O–H groups in total. The first-order chi connectivity index (χ1) is 7.01. The maximum absolute atomic E-state index is 9.32. The van der Waals surface area contributed by atoms with Crippen molar-refractivity contribution in [1.82, 2.24) is 0 Å². The maximum Gasteiger partial charge on any atom is 0.115 e. The van der Waals surface area contributed by atoms with Crippen LogP contribution < -0.4 is 5.32 Å². The summed E-state index contributed by atoms with van der Waals surface area (Å²) in [4.78, 5) is 0. The third-order valence-corrected chi connectivity index (χ3v) is 3.67. The van der Waals surface area contributed by atoms with Gasteiger partial charge in [0.1, 0.15) is 5.75 Å². The van der Waals surface area contributed by atoms with Crippen LogP contribution in [0.15, 0.2) is 18.2 Å².